The SMILES string of the molecule is CC1CN(CCCOc2ccccc2)C(C(C)(C)C)CN1. The third-order valence-corrected chi connectivity index (χ3v) is 4.21. The molecular formula is C18H30N2O. The van der Waals surface area contributed by atoms with E-state index in [0.29, 0.717) is 17.5 Å². The second kappa shape index (κ2) is 7.28. The van der Waals surface area contributed by atoms with Gasteiger partial charge in [-0.15, -0.1) is 0 Å². The summed E-state index contributed by atoms with van der Waals surface area (Å²) in [6.07, 6.45) is 1.08. The van der Waals surface area contributed by atoms with Crippen LogP contribution in [0, 0.1) is 5.41 Å². The minimum Gasteiger partial charge on any atom is -0.494 e. The molecule has 0 bridgehead atoms. The number of hydrogen-bond donors (Lipinski definition) is 1. The highest BCUT2D eigenvalue weighted by molar-refractivity contribution is 5.20. The number of para-hydroxylation sites is 1. The van der Waals surface area contributed by atoms with Gasteiger partial charge in [0.1, 0.15) is 5.75 Å². The maximum Gasteiger partial charge on any atom is 0.119 e. The Kier molecular flexibility index (Phi) is 5.65. The lowest BCUT2D eigenvalue weighted by Gasteiger charge is -2.45. The smallest absolute Gasteiger partial charge is 0.119 e. The number of rotatable bonds is 5. The molecule has 21 heavy (non-hydrogen) atoms. The molecule has 0 aromatic heterocycles. The fourth-order valence-electron chi connectivity index (χ4n) is 3.06. The van der Waals surface area contributed by atoms with Crippen molar-refractivity contribution in [3.63, 3.8) is 0 Å². The molecule has 2 rings (SSSR count). The average Bonchev–Trinajstić information content (AvgIpc) is 2.43. The molecule has 2 atom stereocenters. The quantitative estimate of drug-likeness (QED) is 0.843. The molecule has 1 aliphatic heterocycles. The van der Waals surface area contributed by atoms with Crippen molar-refractivity contribution in [1.82, 2.24) is 10.2 Å². The molecule has 1 fully saturated rings. The van der Waals surface area contributed by atoms with Crippen LogP contribution >= 0.6 is 0 Å². The van der Waals surface area contributed by atoms with E-state index in [1.807, 2.05) is 30.3 Å². The fourth-order valence-corrected chi connectivity index (χ4v) is 3.06. The molecule has 1 heterocycles. The lowest BCUT2D eigenvalue weighted by atomic mass is 9.84. The van der Waals surface area contributed by atoms with Crippen LogP contribution in [0.5, 0.6) is 5.75 Å². The van der Waals surface area contributed by atoms with Crippen molar-refractivity contribution >= 4 is 0 Å². The lowest BCUT2D eigenvalue weighted by molar-refractivity contribution is 0.0548. The first-order chi connectivity index (χ1) is 9.97. The Bertz CT molecular complexity index is 413. The first kappa shape index (κ1) is 16.3. The maximum absolute atomic E-state index is 5.80. The number of hydrogen-bond acceptors (Lipinski definition) is 3. The largest absolute Gasteiger partial charge is 0.494 e. The van der Waals surface area contributed by atoms with E-state index in [0.717, 1.165) is 38.4 Å². The van der Waals surface area contributed by atoms with Crippen molar-refractivity contribution in [3.8, 4) is 5.75 Å². The van der Waals surface area contributed by atoms with Crippen LogP contribution in [0.4, 0.5) is 0 Å². The van der Waals surface area contributed by atoms with Gasteiger partial charge in [0.05, 0.1) is 6.61 Å². The molecule has 1 aromatic carbocycles. The number of nitrogens with one attached hydrogen (secondary N) is 1. The van der Waals surface area contributed by atoms with Crippen LogP contribution in [0.25, 0.3) is 0 Å². The summed E-state index contributed by atoms with van der Waals surface area (Å²) < 4.78 is 5.80. The van der Waals surface area contributed by atoms with E-state index < -0.39 is 0 Å². The van der Waals surface area contributed by atoms with Gasteiger partial charge in [-0.3, -0.25) is 4.90 Å². The number of benzene rings is 1. The predicted molar refractivity (Wildman–Crippen MR) is 88.8 cm³/mol. The molecular weight excluding hydrogens is 260 g/mol. The van der Waals surface area contributed by atoms with Gasteiger partial charge >= 0.3 is 0 Å². The van der Waals surface area contributed by atoms with E-state index in [1.54, 1.807) is 0 Å². The Hall–Kier alpha value is -1.06. The van der Waals surface area contributed by atoms with Crippen LogP contribution in [-0.2, 0) is 0 Å². The van der Waals surface area contributed by atoms with Gasteiger partial charge in [-0.25, -0.2) is 0 Å². The number of ether oxygens (including phenoxy) is 1. The van der Waals surface area contributed by atoms with Crippen LogP contribution in [-0.4, -0.2) is 43.2 Å². The molecule has 1 N–H and O–H groups in total. The first-order valence-corrected chi connectivity index (χ1v) is 8.12. The van der Waals surface area contributed by atoms with Crippen molar-refractivity contribution in [2.75, 3.05) is 26.2 Å². The zero-order valence-corrected chi connectivity index (χ0v) is 13.9. The van der Waals surface area contributed by atoms with Gasteiger partial charge in [0.25, 0.3) is 0 Å². The van der Waals surface area contributed by atoms with E-state index in [-0.39, 0.29) is 0 Å². The topological polar surface area (TPSA) is 24.5 Å². The van der Waals surface area contributed by atoms with Crippen LogP contribution in [0.1, 0.15) is 34.1 Å². The van der Waals surface area contributed by atoms with Gasteiger partial charge in [0.2, 0.25) is 0 Å². The van der Waals surface area contributed by atoms with Crippen LogP contribution < -0.4 is 10.1 Å². The third-order valence-electron chi connectivity index (χ3n) is 4.21. The Morgan fingerprint density at radius 1 is 1.24 bits per heavy atom. The molecule has 118 valence electrons. The number of piperazine rings is 1. The van der Waals surface area contributed by atoms with Gasteiger partial charge < -0.3 is 10.1 Å². The molecule has 1 saturated heterocycles. The van der Waals surface area contributed by atoms with Gasteiger partial charge in [-0.2, -0.15) is 0 Å². The molecule has 2 unspecified atom stereocenters. The first-order valence-electron chi connectivity index (χ1n) is 8.12. The Labute approximate surface area is 129 Å². The summed E-state index contributed by atoms with van der Waals surface area (Å²) in [5.41, 5.74) is 0.313. The minimum atomic E-state index is 0.313. The number of nitrogens with zero attached hydrogens (tertiary/aromatic N) is 1. The molecule has 0 aliphatic carbocycles. The summed E-state index contributed by atoms with van der Waals surface area (Å²) in [7, 11) is 0. The molecule has 3 heteroatoms. The molecule has 0 amide bonds. The molecule has 1 aromatic rings. The van der Waals surface area contributed by atoms with Crippen molar-refractivity contribution in [3.05, 3.63) is 30.3 Å². The van der Waals surface area contributed by atoms with E-state index in [9.17, 15) is 0 Å². The normalized spacial score (nSPS) is 24.0. The summed E-state index contributed by atoms with van der Waals surface area (Å²) in [5, 5.41) is 3.61. The molecule has 0 spiro atoms. The van der Waals surface area contributed by atoms with Gasteiger partial charge in [-0.1, -0.05) is 39.0 Å². The highest BCUT2D eigenvalue weighted by atomic mass is 16.5. The van der Waals surface area contributed by atoms with E-state index in [2.05, 4.69) is 37.9 Å². The summed E-state index contributed by atoms with van der Waals surface area (Å²) in [6.45, 7) is 13.4. The maximum atomic E-state index is 5.80. The second-order valence-electron chi connectivity index (χ2n) is 7.20. The molecule has 0 saturated carbocycles. The van der Waals surface area contributed by atoms with Crippen LogP contribution in [0.3, 0.4) is 0 Å². The monoisotopic (exact) mass is 290 g/mol. The second-order valence-corrected chi connectivity index (χ2v) is 7.20. The van der Waals surface area contributed by atoms with Crippen molar-refractivity contribution in [1.29, 1.82) is 0 Å². The van der Waals surface area contributed by atoms with Crippen molar-refractivity contribution in [2.45, 2.75) is 46.2 Å². The zero-order valence-electron chi connectivity index (χ0n) is 13.9. The Balaban J connectivity index is 1.79. The average molecular weight is 290 g/mol. The van der Waals surface area contributed by atoms with Crippen LogP contribution in [0.15, 0.2) is 30.3 Å². The molecule has 0 radical (unpaired) electrons. The highest BCUT2D eigenvalue weighted by Crippen LogP contribution is 2.26. The van der Waals surface area contributed by atoms with E-state index in [1.165, 1.54) is 0 Å². The van der Waals surface area contributed by atoms with Gasteiger partial charge in [-0.05, 0) is 30.9 Å². The van der Waals surface area contributed by atoms with Crippen molar-refractivity contribution < 1.29 is 4.74 Å². The highest BCUT2D eigenvalue weighted by Gasteiger charge is 2.33. The lowest BCUT2D eigenvalue weighted by Crippen LogP contribution is -2.59. The Morgan fingerprint density at radius 3 is 2.62 bits per heavy atom. The van der Waals surface area contributed by atoms with Gasteiger partial charge in [0, 0.05) is 31.7 Å². The molecule has 1 aliphatic rings. The zero-order chi connectivity index (χ0) is 15.3. The third kappa shape index (κ3) is 5.01. The fraction of sp³-hybridized carbons (Fsp3) is 0.667. The summed E-state index contributed by atoms with van der Waals surface area (Å²) in [6, 6.07) is 11.3. The predicted octanol–water partition coefficient (Wildman–Crippen LogP) is 3.16. The van der Waals surface area contributed by atoms with Gasteiger partial charge in [0.15, 0.2) is 0 Å². The standard InChI is InChI=1S/C18H30N2O/c1-15-14-20(17(13-19-15)18(2,3)4)11-8-12-21-16-9-6-5-7-10-16/h5-7,9-10,15,17,19H,8,11-14H2,1-4H3. The molecule has 3 nitrogen and oxygen atoms in total. The Morgan fingerprint density at radius 2 is 1.95 bits per heavy atom. The summed E-state index contributed by atoms with van der Waals surface area (Å²) >= 11 is 0. The minimum absolute atomic E-state index is 0.313. The summed E-state index contributed by atoms with van der Waals surface area (Å²) in [5.74, 6) is 0.971. The summed E-state index contributed by atoms with van der Waals surface area (Å²) in [4.78, 5) is 2.63. The van der Waals surface area contributed by atoms with Crippen molar-refractivity contribution in [2.24, 2.45) is 5.41 Å². The van der Waals surface area contributed by atoms with E-state index in [4.69, 9.17) is 4.74 Å². The van der Waals surface area contributed by atoms with Crippen LogP contribution in [0.2, 0.25) is 0 Å². The van der Waals surface area contributed by atoms with E-state index >= 15 is 0 Å².